The van der Waals surface area contributed by atoms with Crippen LogP contribution in [0.3, 0.4) is 0 Å². The van der Waals surface area contributed by atoms with Crippen molar-refractivity contribution in [3.63, 3.8) is 0 Å². The van der Waals surface area contributed by atoms with Crippen LogP contribution >= 0.6 is 0 Å². The van der Waals surface area contributed by atoms with Gasteiger partial charge in [-0.15, -0.1) is 0 Å². The van der Waals surface area contributed by atoms with E-state index in [-0.39, 0.29) is 35.9 Å². The Kier molecular flexibility index (Phi) is 8.51. The number of amides is 1. The molecule has 0 unspecified atom stereocenters. The third kappa shape index (κ3) is 6.68. The number of benzene rings is 2. The molecular formula is C32H41NO4. The van der Waals surface area contributed by atoms with Gasteiger partial charge in [-0.25, -0.2) is 4.79 Å². The maximum Gasteiger partial charge on any atom is 0.338 e. The highest BCUT2D eigenvalue weighted by Crippen LogP contribution is 2.38. The van der Waals surface area contributed by atoms with Crippen molar-refractivity contribution in [1.82, 2.24) is 4.90 Å². The van der Waals surface area contributed by atoms with Gasteiger partial charge >= 0.3 is 5.97 Å². The molecule has 198 valence electrons. The lowest BCUT2D eigenvalue weighted by Crippen LogP contribution is -2.46. The summed E-state index contributed by atoms with van der Waals surface area (Å²) < 4.78 is 5.45. The number of hydrogen-bond acceptors (Lipinski definition) is 4. The van der Waals surface area contributed by atoms with Gasteiger partial charge < -0.3 is 9.64 Å². The molecule has 0 bridgehead atoms. The molecule has 0 N–H and O–H groups in total. The van der Waals surface area contributed by atoms with Crippen molar-refractivity contribution in [2.45, 2.75) is 90.2 Å². The van der Waals surface area contributed by atoms with Crippen LogP contribution in [0.5, 0.6) is 0 Å². The fourth-order valence-electron chi connectivity index (χ4n) is 5.94. The molecule has 0 aromatic heterocycles. The van der Waals surface area contributed by atoms with Gasteiger partial charge in [-0.1, -0.05) is 55.8 Å². The highest BCUT2D eigenvalue weighted by atomic mass is 16.6. The van der Waals surface area contributed by atoms with E-state index in [2.05, 4.69) is 19.1 Å². The first-order valence-corrected chi connectivity index (χ1v) is 13.9. The average molecular weight is 504 g/mol. The van der Waals surface area contributed by atoms with Crippen molar-refractivity contribution in [1.29, 1.82) is 0 Å². The molecule has 1 saturated carbocycles. The summed E-state index contributed by atoms with van der Waals surface area (Å²) in [5.74, 6) is 0.602. The summed E-state index contributed by atoms with van der Waals surface area (Å²) in [5.41, 5.74) is 1.86. The molecule has 0 radical (unpaired) electrons. The van der Waals surface area contributed by atoms with Gasteiger partial charge in [-0.05, 0) is 82.1 Å². The summed E-state index contributed by atoms with van der Waals surface area (Å²) in [6, 6.07) is 16.8. The summed E-state index contributed by atoms with van der Waals surface area (Å²) in [6.07, 6.45) is 6.27. The number of carbonyl (C=O) groups is 3. The average Bonchev–Trinajstić information content (AvgIpc) is 3.34. The molecule has 2 fully saturated rings. The molecule has 5 heteroatoms. The molecule has 1 aliphatic heterocycles. The molecule has 1 amide bonds. The third-order valence-corrected chi connectivity index (χ3v) is 7.98. The standard InChI is InChI=1S/C32H41NO4/c1-5-22-11-15-25(16-12-22)30(35)33-20-19-27(24-9-7-6-8-10-24)29(33)28(34)21-23-13-17-26(18-14-23)31(36)37-32(2,3)4/h6-10,13-14,17-18,22,25,27,29H,5,11-12,15-16,19-21H2,1-4H3/t22?,25?,27-,29+/m1/s1. The summed E-state index contributed by atoms with van der Waals surface area (Å²) >= 11 is 0. The van der Waals surface area contributed by atoms with Crippen LogP contribution in [0.2, 0.25) is 0 Å². The zero-order chi connectivity index (χ0) is 26.6. The van der Waals surface area contributed by atoms with Crippen LogP contribution in [0.15, 0.2) is 54.6 Å². The lowest BCUT2D eigenvalue weighted by Gasteiger charge is -2.33. The Labute approximate surface area is 221 Å². The molecule has 4 rings (SSSR count). The number of nitrogens with zero attached hydrogens (tertiary/aromatic N) is 1. The number of ketones is 1. The van der Waals surface area contributed by atoms with E-state index >= 15 is 0 Å². The molecule has 2 aliphatic rings. The lowest BCUT2D eigenvalue weighted by atomic mass is 9.80. The van der Waals surface area contributed by atoms with E-state index in [1.807, 2.05) is 56.0 Å². The Balaban J connectivity index is 1.51. The molecule has 37 heavy (non-hydrogen) atoms. The van der Waals surface area contributed by atoms with Gasteiger partial charge in [0.2, 0.25) is 5.91 Å². The highest BCUT2D eigenvalue weighted by molar-refractivity contribution is 5.93. The summed E-state index contributed by atoms with van der Waals surface area (Å²) in [6.45, 7) is 8.37. The number of hydrogen-bond donors (Lipinski definition) is 0. The van der Waals surface area contributed by atoms with Gasteiger partial charge in [0.25, 0.3) is 0 Å². The van der Waals surface area contributed by atoms with E-state index in [9.17, 15) is 14.4 Å². The molecule has 2 aromatic carbocycles. The number of rotatable bonds is 7. The Bertz CT molecular complexity index is 1080. The van der Waals surface area contributed by atoms with Gasteiger partial charge in [0.05, 0.1) is 11.6 Å². The molecule has 2 aromatic rings. The van der Waals surface area contributed by atoms with Crippen molar-refractivity contribution < 1.29 is 19.1 Å². The van der Waals surface area contributed by atoms with Crippen molar-refractivity contribution in [2.75, 3.05) is 6.54 Å². The van der Waals surface area contributed by atoms with E-state index in [1.54, 1.807) is 12.1 Å². The first kappa shape index (κ1) is 27.1. The SMILES string of the molecule is CCC1CCC(C(=O)N2CC[C@H](c3ccccc3)[C@H]2C(=O)Cc2ccc(C(=O)OC(C)(C)C)cc2)CC1. The number of carbonyl (C=O) groups excluding carboxylic acids is 3. The van der Waals surface area contributed by atoms with Crippen LogP contribution in [0.25, 0.3) is 0 Å². The van der Waals surface area contributed by atoms with Crippen LogP contribution in [0, 0.1) is 11.8 Å². The Morgan fingerprint density at radius 2 is 1.54 bits per heavy atom. The first-order chi connectivity index (χ1) is 17.7. The molecule has 1 saturated heterocycles. The largest absolute Gasteiger partial charge is 0.456 e. The van der Waals surface area contributed by atoms with Crippen LogP contribution in [0.1, 0.15) is 93.6 Å². The molecular weight excluding hydrogens is 462 g/mol. The molecule has 2 atom stereocenters. The Morgan fingerprint density at radius 1 is 0.892 bits per heavy atom. The first-order valence-electron chi connectivity index (χ1n) is 13.9. The lowest BCUT2D eigenvalue weighted by molar-refractivity contribution is -0.142. The minimum absolute atomic E-state index is 0.00525. The molecule has 1 heterocycles. The third-order valence-electron chi connectivity index (χ3n) is 7.98. The number of likely N-dealkylation sites (tertiary alicyclic amines) is 1. The quantitative estimate of drug-likeness (QED) is 0.413. The summed E-state index contributed by atoms with van der Waals surface area (Å²) in [5, 5.41) is 0. The fourth-order valence-corrected chi connectivity index (χ4v) is 5.94. The Hall–Kier alpha value is -2.95. The zero-order valence-electron chi connectivity index (χ0n) is 22.7. The van der Waals surface area contributed by atoms with Crippen molar-refractivity contribution in [2.24, 2.45) is 11.8 Å². The predicted octanol–water partition coefficient (Wildman–Crippen LogP) is 6.35. The van der Waals surface area contributed by atoms with Crippen molar-refractivity contribution >= 4 is 17.7 Å². The van der Waals surface area contributed by atoms with Gasteiger partial charge in [0.15, 0.2) is 5.78 Å². The second-order valence-corrected chi connectivity index (χ2v) is 11.8. The van der Waals surface area contributed by atoms with Crippen LogP contribution in [0.4, 0.5) is 0 Å². The topological polar surface area (TPSA) is 63.7 Å². The second kappa shape index (κ2) is 11.6. The van der Waals surface area contributed by atoms with Gasteiger partial charge in [-0.2, -0.15) is 0 Å². The van der Waals surface area contributed by atoms with Gasteiger partial charge in [-0.3, -0.25) is 9.59 Å². The normalized spacial score (nSPS) is 24.1. The van der Waals surface area contributed by atoms with Crippen LogP contribution < -0.4 is 0 Å². The number of ether oxygens (including phenoxy) is 1. The van der Waals surface area contributed by atoms with E-state index in [0.717, 1.165) is 49.1 Å². The number of Topliss-reactive ketones (excluding diaryl/α,β-unsaturated/α-hetero) is 1. The van der Waals surface area contributed by atoms with Crippen LogP contribution in [-0.4, -0.2) is 40.7 Å². The van der Waals surface area contributed by atoms with Crippen molar-refractivity contribution in [3.05, 3.63) is 71.3 Å². The van der Waals surface area contributed by atoms with E-state index in [1.165, 1.54) is 6.42 Å². The monoisotopic (exact) mass is 503 g/mol. The molecule has 5 nitrogen and oxygen atoms in total. The van der Waals surface area contributed by atoms with Gasteiger partial charge in [0, 0.05) is 24.8 Å². The van der Waals surface area contributed by atoms with Gasteiger partial charge in [0.1, 0.15) is 5.60 Å². The van der Waals surface area contributed by atoms with E-state index in [0.29, 0.717) is 12.1 Å². The number of esters is 1. The summed E-state index contributed by atoms with van der Waals surface area (Å²) in [4.78, 5) is 41.8. The van der Waals surface area contributed by atoms with E-state index < -0.39 is 11.6 Å². The highest BCUT2D eigenvalue weighted by Gasteiger charge is 2.44. The molecule has 1 aliphatic carbocycles. The van der Waals surface area contributed by atoms with Crippen molar-refractivity contribution in [3.8, 4) is 0 Å². The second-order valence-electron chi connectivity index (χ2n) is 11.8. The zero-order valence-corrected chi connectivity index (χ0v) is 22.7. The Morgan fingerprint density at radius 3 is 2.14 bits per heavy atom. The molecule has 0 spiro atoms. The smallest absolute Gasteiger partial charge is 0.338 e. The minimum Gasteiger partial charge on any atom is -0.456 e. The van der Waals surface area contributed by atoms with E-state index in [4.69, 9.17) is 4.74 Å². The van der Waals surface area contributed by atoms with Crippen LogP contribution in [-0.2, 0) is 20.7 Å². The maximum absolute atomic E-state index is 13.8. The predicted molar refractivity (Wildman–Crippen MR) is 145 cm³/mol. The maximum atomic E-state index is 13.8. The summed E-state index contributed by atoms with van der Waals surface area (Å²) in [7, 11) is 0. The fraction of sp³-hybridized carbons (Fsp3) is 0.531. The minimum atomic E-state index is -0.563.